The van der Waals surface area contributed by atoms with Crippen LogP contribution >= 0.6 is 11.6 Å². The SMILES string of the molecule is C=CC.CC(=O)C(=N)C1=C(N)CCCC1.CCCCC(CCC)Nc1ccccc1Cl.CCCCCCC(C)C. The molecule has 5 heteroatoms. The Morgan fingerprint density at radius 2 is 1.60 bits per heavy atom. The molecule has 0 bridgehead atoms. The number of hydrogen-bond donors (Lipinski definition) is 3. The number of unbranched alkanes of at least 4 members (excludes halogenated alkanes) is 4. The molecule has 0 spiro atoms. The van der Waals surface area contributed by atoms with E-state index in [-0.39, 0.29) is 11.5 Å². The predicted octanol–water partition coefficient (Wildman–Crippen LogP) is 11.3. The number of anilines is 1. The van der Waals surface area contributed by atoms with Crippen molar-refractivity contribution in [3.63, 3.8) is 0 Å². The van der Waals surface area contributed by atoms with E-state index >= 15 is 0 Å². The summed E-state index contributed by atoms with van der Waals surface area (Å²) >= 11 is 6.14. The molecule has 0 saturated heterocycles. The van der Waals surface area contributed by atoms with Crippen LogP contribution < -0.4 is 11.1 Å². The first-order valence-electron chi connectivity index (χ1n) is 15.7. The van der Waals surface area contributed by atoms with Crippen LogP contribution in [0.25, 0.3) is 0 Å². The Bertz CT molecular complexity index is 829. The second-order valence-corrected chi connectivity index (χ2v) is 11.5. The van der Waals surface area contributed by atoms with E-state index in [1.165, 1.54) is 71.1 Å². The Morgan fingerprint density at radius 1 is 1.00 bits per heavy atom. The van der Waals surface area contributed by atoms with Gasteiger partial charge in [-0.1, -0.05) is 116 Å². The minimum absolute atomic E-state index is 0.104. The second kappa shape index (κ2) is 27.1. The average molecular weight is 576 g/mol. The molecule has 4 nitrogen and oxygen atoms in total. The Balaban J connectivity index is 0. The van der Waals surface area contributed by atoms with Gasteiger partial charge < -0.3 is 11.1 Å². The number of Topliss-reactive ketones (excluding diaryl/α,β-unsaturated/α-hetero) is 1. The summed E-state index contributed by atoms with van der Waals surface area (Å²) in [7, 11) is 0. The van der Waals surface area contributed by atoms with E-state index in [2.05, 4.69) is 52.6 Å². The zero-order chi connectivity index (χ0) is 30.8. The van der Waals surface area contributed by atoms with Crippen LogP contribution in [-0.2, 0) is 4.79 Å². The topological polar surface area (TPSA) is 79.0 Å². The van der Waals surface area contributed by atoms with Crippen LogP contribution in [-0.4, -0.2) is 17.5 Å². The van der Waals surface area contributed by atoms with Crippen LogP contribution in [0.1, 0.15) is 138 Å². The van der Waals surface area contributed by atoms with Crippen molar-refractivity contribution in [1.29, 1.82) is 5.41 Å². The van der Waals surface area contributed by atoms with Crippen molar-refractivity contribution >= 4 is 28.8 Å². The minimum Gasteiger partial charge on any atom is -0.402 e. The van der Waals surface area contributed by atoms with Crippen molar-refractivity contribution in [3.05, 3.63) is 53.2 Å². The number of para-hydroxylation sites is 1. The normalized spacial score (nSPS) is 13.0. The van der Waals surface area contributed by atoms with Gasteiger partial charge in [-0.05, 0) is 69.1 Å². The van der Waals surface area contributed by atoms with E-state index in [4.69, 9.17) is 22.7 Å². The highest BCUT2D eigenvalue weighted by atomic mass is 35.5. The third-order valence-electron chi connectivity index (χ3n) is 6.58. The van der Waals surface area contributed by atoms with Crippen molar-refractivity contribution in [2.24, 2.45) is 11.7 Å². The van der Waals surface area contributed by atoms with E-state index in [9.17, 15) is 4.79 Å². The highest BCUT2D eigenvalue weighted by Crippen LogP contribution is 2.24. The fraction of sp³-hybridized carbons (Fsp3) is 0.657. The Labute approximate surface area is 253 Å². The molecule has 0 heterocycles. The molecule has 0 fully saturated rings. The third kappa shape index (κ3) is 21.7. The number of carbonyl (C=O) groups is 1. The molecule has 0 saturated carbocycles. The molecule has 4 N–H and O–H groups in total. The van der Waals surface area contributed by atoms with Crippen LogP contribution in [0.15, 0.2) is 48.2 Å². The number of hydrogen-bond acceptors (Lipinski definition) is 4. The second-order valence-electron chi connectivity index (χ2n) is 11.0. The number of benzene rings is 1. The van der Waals surface area contributed by atoms with Gasteiger partial charge in [-0.25, -0.2) is 0 Å². The van der Waals surface area contributed by atoms with Crippen molar-refractivity contribution in [2.75, 3.05) is 5.32 Å². The molecule has 1 atom stereocenters. The number of nitrogens with two attached hydrogens (primary N) is 1. The first-order chi connectivity index (χ1) is 19.1. The van der Waals surface area contributed by atoms with Gasteiger partial charge in [0.2, 0.25) is 0 Å². The summed E-state index contributed by atoms with van der Waals surface area (Å²) in [6.07, 6.45) is 18.8. The lowest BCUT2D eigenvalue weighted by Crippen LogP contribution is -2.19. The fourth-order valence-electron chi connectivity index (χ4n) is 4.29. The lowest BCUT2D eigenvalue weighted by molar-refractivity contribution is -0.111. The molecule has 0 radical (unpaired) electrons. The average Bonchev–Trinajstić information content (AvgIpc) is 2.92. The molecule has 1 aliphatic carbocycles. The number of rotatable bonds is 14. The van der Waals surface area contributed by atoms with Crippen molar-refractivity contribution < 1.29 is 4.79 Å². The van der Waals surface area contributed by atoms with Gasteiger partial charge in [0.15, 0.2) is 5.78 Å². The van der Waals surface area contributed by atoms with Crippen LogP contribution in [0, 0.1) is 11.3 Å². The molecule has 2 rings (SSSR count). The predicted molar refractivity (Wildman–Crippen MR) is 181 cm³/mol. The molecule has 1 aromatic rings. The number of ketones is 1. The molecule has 0 aliphatic heterocycles. The molecule has 0 amide bonds. The lowest BCUT2D eigenvalue weighted by Gasteiger charge is -2.19. The van der Waals surface area contributed by atoms with E-state index in [0.717, 1.165) is 53.6 Å². The molecule has 230 valence electrons. The summed E-state index contributed by atoms with van der Waals surface area (Å²) in [4.78, 5) is 10.9. The molecule has 0 aromatic heterocycles. The van der Waals surface area contributed by atoms with Crippen LogP contribution in [0.3, 0.4) is 0 Å². The first-order valence-corrected chi connectivity index (χ1v) is 16.1. The maximum absolute atomic E-state index is 10.9. The summed E-state index contributed by atoms with van der Waals surface area (Å²) in [6, 6.07) is 8.54. The summed E-state index contributed by atoms with van der Waals surface area (Å²) in [6.45, 7) is 18.0. The molecular formula is C35H62ClN3O. The van der Waals surface area contributed by atoms with Crippen LogP contribution in [0.4, 0.5) is 5.69 Å². The zero-order valence-corrected chi connectivity index (χ0v) is 27.8. The summed E-state index contributed by atoms with van der Waals surface area (Å²) < 4.78 is 0. The summed E-state index contributed by atoms with van der Waals surface area (Å²) in [5.74, 6) is 0.719. The highest BCUT2D eigenvalue weighted by molar-refractivity contribution is 6.44. The van der Waals surface area contributed by atoms with E-state index in [1.54, 1.807) is 6.08 Å². The summed E-state index contributed by atoms with van der Waals surface area (Å²) in [5.41, 5.74) is 8.39. The van der Waals surface area contributed by atoms with Gasteiger partial charge in [0.05, 0.1) is 10.7 Å². The largest absolute Gasteiger partial charge is 0.402 e. The monoisotopic (exact) mass is 575 g/mol. The van der Waals surface area contributed by atoms with Gasteiger partial charge in [-0.15, -0.1) is 6.58 Å². The Hall–Kier alpha value is -2.07. The van der Waals surface area contributed by atoms with Crippen molar-refractivity contribution in [1.82, 2.24) is 0 Å². The number of allylic oxidation sites excluding steroid dienone is 3. The molecule has 1 aromatic carbocycles. The number of carbonyl (C=O) groups excluding carboxylic acids is 1. The quantitative estimate of drug-likeness (QED) is 0.117. The van der Waals surface area contributed by atoms with E-state index in [0.29, 0.717) is 6.04 Å². The van der Waals surface area contributed by atoms with Gasteiger partial charge in [0, 0.05) is 18.7 Å². The number of halogens is 1. The standard InChI is InChI=1S/C14H22ClN.C9H14N2O.C9H20.C3H6/c1-3-5-9-12(8-4-2)16-14-11-7-6-10-13(14)15;1-6(12)9(11)7-4-2-3-5-8(7)10;1-4-5-6-7-8-9(2)3;1-3-2/h6-7,10-12,16H,3-5,8-9H2,1-2H3;11H,2-5,10H2,1H3;9H,4-8H2,1-3H3;3H,1H2,2H3. The molecule has 1 unspecified atom stereocenters. The first kappa shape index (κ1) is 40.1. The summed E-state index contributed by atoms with van der Waals surface area (Å²) in [5, 5.41) is 11.9. The maximum atomic E-state index is 10.9. The van der Waals surface area contributed by atoms with Crippen LogP contribution in [0.5, 0.6) is 0 Å². The Kier molecular flexibility index (Phi) is 27.2. The molecular weight excluding hydrogens is 514 g/mol. The molecule has 1 aliphatic rings. The number of nitrogens with one attached hydrogen (secondary N) is 2. The van der Waals surface area contributed by atoms with Gasteiger partial charge in [0.1, 0.15) is 5.71 Å². The van der Waals surface area contributed by atoms with Crippen LogP contribution in [0.2, 0.25) is 5.02 Å². The fourth-order valence-corrected chi connectivity index (χ4v) is 4.48. The van der Waals surface area contributed by atoms with Gasteiger partial charge >= 0.3 is 0 Å². The Morgan fingerprint density at radius 3 is 2.10 bits per heavy atom. The van der Waals surface area contributed by atoms with E-state index in [1.807, 2.05) is 25.1 Å². The highest BCUT2D eigenvalue weighted by Gasteiger charge is 2.16. The van der Waals surface area contributed by atoms with Crippen molar-refractivity contribution in [3.8, 4) is 0 Å². The van der Waals surface area contributed by atoms with Crippen molar-refractivity contribution in [2.45, 2.75) is 144 Å². The maximum Gasteiger partial charge on any atom is 0.177 e. The van der Waals surface area contributed by atoms with Gasteiger partial charge in [-0.2, -0.15) is 0 Å². The minimum atomic E-state index is -0.185. The zero-order valence-electron chi connectivity index (χ0n) is 27.0. The third-order valence-corrected chi connectivity index (χ3v) is 6.91. The lowest BCUT2D eigenvalue weighted by atomic mass is 9.92. The smallest absolute Gasteiger partial charge is 0.177 e. The molecule has 40 heavy (non-hydrogen) atoms. The van der Waals surface area contributed by atoms with E-state index < -0.39 is 0 Å². The van der Waals surface area contributed by atoms with Gasteiger partial charge in [-0.3, -0.25) is 10.2 Å². The van der Waals surface area contributed by atoms with Gasteiger partial charge in [0.25, 0.3) is 0 Å².